The normalized spacial score (nSPS) is 10.9. The summed E-state index contributed by atoms with van der Waals surface area (Å²) in [5.74, 6) is 6.27. The third-order valence-corrected chi connectivity index (χ3v) is 5.63. The van der Waals surface area contributed by atoms with E-state index in [-0.39, 0.29) is 11.7 Å². The van der Waals surface area contributed by atoms with Crippen molar-refractivity contribution < 1.29 is 8.42 Å². The summed E-state index contributed by atoms with van der Waals surface area (Å²) in [6.45, 7) is 7.00. The van der Waals surface area contributed by atoms with Gasteiger partial charge < -0.3 is 5.73 Å². The van der Waals surface area contributed by atoms with Crippen LogP contribution in [0.2, 0.25) is 0 Å². The number of rotatable bonds is 4. The number of nitrogens with two attached hydrogens (primary N) is 1. The highest BCUT2D eigenvalue weighted by Gasteiger charge is 2.12. The Morgan fingerprint density at radius 3 is 2.53 bits per heavy atom. The molecule has 154 valence electrons. The summed E-state index contributed by atoms with van der Waals surface area (Å²) in [6.07, 6.45) is 3.29. The fourth-order valence-electron chi connectivity index (χ4n) is 2.73. The third-order valence-electron chi connectivity index (χ3n) is 4.34. The number of nitrogens with one attached hydrogen (secondary N) is 1. The first-order valence-corrected chi connectivity index (χ1v) is 10.9. The van der Waals surface area contributed by atoms with Gasteiger partial charge in [0.05, 0.1) is 34.1 Å². The quantitative estimate of drug-likeness (QED) is 0.619. The minimum absolute atomic E-state index is 0.0287. The van der Waals surface area contributed by atoms with Crippen LogP contribution in [-0.2, 0) is 10.0 Å². The average molecular weight is 423 g/mol. The molecule has 3 rings (SSSR count). The van der Waals surface area contributed by atoms with E-state index in [1.54, 1.807) is 32.3 Å². The van der Waals surface area contributed by atoms with Crippen molar-refractivity contribution in [2.24, 2.45) is 0 Å². The Morgan fingerprint density at radius 2 is 1.83 bits per heavy atom. The third kappa shape index (κ3) is 4.90. The van der Waals surface area contributed by atoms with Crippen molar-refractivity contribution in [3.05, 3.63) is 58.8 Å². The second-order valence-corrected chi connectivity index (χ2v) is 8.70. The molecule has 0 radical (unpaired) electrons. The van der Waals surface area contributed by atoms with Gasteiger partial charge in [0.25, 0.3) is 0 Å². The number of nitrogens with zero attached hydrogens (tertiary/aromatic N) is 4. The predicted molar refractivity (Wildman–Crippen MR) is 117 cm³/mol. The number of pyridine rings is 2. The number of hydrogen-bond donors (Lipinski definition) is 2. The lowest BCUT2D eigenvalue weighted by molar-refractivity contribution is 0.602. The largest absolute Gasteiger partial charge is 0.368 e. The molecule has 0 spiro atoms. The molecule has 0 saturated heterocycles. The van der Waals surface area contributed by atoms with Crippen molar-refractivity contribution in [2.45, 2.75) is 27.7 Å². The molecule has 8 nitrogen and oxygen atoms in total. The summed E-state index contributed by atoms with van der Waals surface area (Å²) in [5.41, 5.74) is 11.0. The Kier molecular flexibility index (Phi) is 5.99. The topological polar surface area (TPSA) is 124 Å². The van der Waals surface area contributed by atoms with E-state index in [2.05, 4.69) is 36.5 Å². The van der Waals surface area contributed by atoms with Crippen LogP contribution in [0.4, 0.5) is 11.6 Å². The molecule has 0 fully saturated rings. The number of aromatic nitrogens is 4. The van der Waals surface area contributed by atoms with Crippen LogP contribution in [0.3, 0.4) is 0 Å². The first-order chi connectivity index (χ1) is 14.2. The fraction of sp³-hybridized carbons (Fsp3) is 0.238. The molecule has 0 amide bonds. The van der Waals surface area contributed by atoms with Crippen molar-refractivity contribution in [1.29, 1.82) is 0 Å². The number of aryl methyl sites for hydroxylation is 3. The molecule has 3 N–H and O–H groups in total. The predicted octanol–water partition coefficient (Wildman–Crippen LogP) is 2.60. The standard InChI is InChI=1S/C21H22N6O2S/c1-5-30(28,29)27-19-11-16(12-24-15(19)4)6-7-18-14(3)25-21(22)26-20(18)17-8-9-23-13(2)10-17/h8-12,27H,5H2,1-4H3,(H2,22,25,26). The van der Waals surface area contributed by atoms with Crippen LogP contribution in [0.25, 0.3) is 11.3 Å². The highest BCUT2D eigenvalue weighted by molar-refractivity contribution is 7.92. The van der Waals surface area contributed by atoms with Crippen LogP contribution in [0.5, 0.6) is 0 Å². The summed E-state index contributed by atoms with van der Waals surface area (Å²) in [7, 11) is -3.42. The molecule has 30 heavy (non-hydrogen) atoms. The van der Waals surface area contributed by atoms with Crippen LogP contribution < -0.4 is 10.5 Å². The van der Waals surface area contributed by atoms with Gasteiger partial charge in [-0.05, 0) is 45.9 Å². The van der Waals surface area contributed by atoms with Crippen molar-refractivity contribution in [3.8, 4) is 23.1 Å². The second kappa shape index (κ2) is 8.47. The number of sulfonamides is 1. The lowest BCUT2D eigenvalue weighted by Gasteiger charge is -2.09. The molecule has 0 atom stereocenters. The van der Waals surface area contributed by atoms with Crippen LogP contribution in [0, 0.1) is 32.6 Å². The van der Waals surface area contributed by atoms with Crippen molar-refractivity contribution in [3.63, 3.8) is 0 Å². The highest BCUT2D eigenvalue weighted by atomic mass is 32.2. The van der Waals surface area contributed by atoms with E-state index in [9.17, 15) is 8.42 Å². The summed E-state index contributed by atoms with van der Waals surface area (Å²) >= 11 is 0. The summed E-state index contributed by atoms with van der Waals surface area (Å²) in [4.78, 5) is 17.1. The Bertz CT molecular complexity index is 1280. The van der Waals surface area contributed by atoms with E-state index < -0.39 is 10.0 Å². The van der Waals surface area contributed by atoms with Gasteiger partial charge in [-0.25, -0.2) is 18.4 Å². The molecule has 0 aliphatic carbocycles. The lowest BCUT2D eigenvalue weighted by Crippen LogP contribution is -2.15. The Morgan fingerprint density at radius 1 is 1.07 bits per heavy atom. The van der Waals surface area contributed by atoms with Crippen LogP contribution in [0.1, 0.15) is 35.1 Å². The number of hydrogen-bond acceptors (Lipinski definition) is 7. The van der Waals surface area contributed by atoms with Gasteiger partial charge in [-0.2, -0.15) is 0 Å². The molecular formula is C21H22N6O2S. The minimum Gasteiger partial charge on any atom is -0.368 e. The van der Waals surface area contributed by atoms with Gasteiger partial charge in [0.15, 0.2) is 0 Å². The van der Waals surface area contributed by atoms with E-state index in [1.165, 1.54) is 0 Å². The zero-order chi connectivity index (χ0) is 21.9. The Balaban J connectivity index is 2.07. The second-order valence-electron chi connectivity index (χ2n) is 6.69. The first-order valence-electron chi connectivity index (χ1n) is 9.25. The summed E-state index contributed by atoms with van der Waals surface area (Å²) < 4.78 is 26.3. The Hall–Kier alpha value is -3.51. The zero-order valence-corrected chi connectivity index (χ0v) is 18.0. The zero-order valence-electron chi connectivity index (χ0n) is 17.2. The summed E-state index contributed by atoms with van der Waals surface area (Å²) in [5, 5.41) is 0. The lowest BCUT2D eigenvalue weighted by atomic mass is 10.0. The van der Waals surface area contributed by atoms with E-state index in [0.29, 0.717) is 33.9 Å². The van der Waals surface area contributed by atoms with Crippen LogP contribution in [0.15, 0.2) is 30.6 Å². The van der Waals surface area contributed by atoms with E-state index in [0.717, 1.165) is 11.3 Å². The van der Waals surface area contributed by atoms with Crippen molar-refractivity contribution in [2.75, 3.05) is 16.2 Å². The van der Waals surface area contributed by atoms with Gasteiger partial charge in [0.2, 0.25) is 16.0 Å². The van der Waals surface area contributed by atoms with E-state index in [4.69, 9.17) is 5.73 Å². The maximum Gasteiger partial charge on any atom is 0.232 e. The molecular weight excluding hydrogens is 400 g/mol. The van der Waals surface area contributed by atoms with Gasteiger partial charge in [0, 0.05) is 29.2 Å². The molecule has 9 heteroatoms. The molecule has 3 aromatic rings. The number of nitrogen functional groups attached to an aromatic ring is 1. The maximum atomic E-state index is 11.9. The van der Waals surface area contributed by atoms with E-state index in [1.807, 2.05) is 26.0 Å². The van der Waals surface area contributed by atoms with Gasteiger partial charge in [-0.1, -0.05) is 11.8 Å². The first kappa shape index (κ1) is 21.2. The maximum absolute atomic E-state index is 11.9. The molecule has 3 heterocycles. The molecule has 0 aliphatic heterocycles. The molecule has 0 aliphatic rings. The minimum atomic E-state index is -3.42. The van der Waals surface area contributed by atoms with Gasteiger partial charge in [-0.15, -0.1) is 0 Å². The van der Waals surface area contributed by atoms with Crippen molar-refractivity contribution in [1.82, 2.24) is 19.9 Å². The monoisotopic (exact) mass is 422 g/mol. The molecule has 0 aromatic carbocycles. The van der Waals surface area contributed by atoms with Gasteiger partial charge in [-0.3, -0.25) is 14.7 Å². The highest BCUT2D eigenvalue weighted by Crippen LogP contribution is 2.24. The number of anilines is 2. The van der Waals surface area contributed by atoms with E-state index >= 15 is 0 Å². The van der Waals surface area contributed by atoms with Crippen LogP contribution in [-0.4, -0.2) is 34.1 Å². The van der Waals surface area contributed by atoms with Gasteiger partial charge in [0.1, 0.15) is 0 Å². The average Bonchev–Trinajstić information content (AvgIpc) is 2.69. The molecule has 0 bridgehead atoms. The Labute approximate surface area is 176 Å². The fourth-order valence-corrected chi connectivity index (χ4v) is 3.41. The van der Waals surface area contributed by atoms with Crippen LogP contribution >= 0.6 is 0 Å². The molecule has 0 saturated carbocycles. The SMILES string of the molecule is CCS(=O)(=O)Nc1cc(C#Cc2c(C)nc(N)nc2-c2ccnc(C)c2)cnc1C. The van der Waals surface area contributed by atoms with Gasteiger partial charge >= 0.3 is 0 Å². The molecule has 0 unspecified atom stereocenters. The summed E-state index contributed by atoms with van der Waals surface area (Å²) in [6, 6.07) is 5.40. The van der Waals surface area contributed by atoms with Crippen molar-refractivity contribution >= 4 is 21.7 Å². The smallest absolute Gasteiger partial charge is 0.232 e. The molecule has 3 aromatic heterocycles.